The van der Waals surface area contributed by atoms with Gasteiger partial charge in [0.15, 0.2) is 6.67 Å². The molecule has 1 heterocycles. The van der Waals surface area contributed by atoms with Gasteiger partial charge in [-0.1, -0.05) is 56.0 Å². The van der Waals surface area contributed by atoms with E-state index in [2.05, 4.69) is 24.4 Å². The Kier molecular flexibility index (Phi) is 5.19. The first-order valence-corrected chi connectivity index (χ1v) is 9.16. The van der Waals surface area contributed by atoms with Crippen molar-refractivity contribution in [1.29, 1.82) is 0 Å². The minimum absolute atomic E-state index is 0.00610. The Hall–Kier alpha value is -1.88. The van der Waals surface area contributed by atoms with Crippen LogP contribution in [0.15, 0.2) is 30.3 Å². The second-order valence-corrected chi connectivity index (χ2v) is 7.08. The highest BCUT2D eigenvalue weighted by atomic mass is 16.2. The van der Waals surface area contributed by atoms with Gasteiger partial charge in [-0.2, -0.15) is 0 Å². The van der Waals surface area contributed by atoms with Crippen LogP contribution in [0.2, 0.25) is 0 Å². The molecule has 1 atom stereocenters. The van der Waals surface area contributed by atoms with E-state index in [1.54, 1.807) is 0 Å². The fourth-order valence-corrected chi connectivity index (χ4v) is 3.89. The van der Waals surface area contributed by atoms with E-state index in [1.165, 1.54) is 15.4 Å². The average molecular weight is 330 g/mol. The minimum atomic E-state index is -0.626. The SMILES string of the molecule is CC[NH+](Cc1ccccc1)CN1C(=O)NC2(CCCCCC2)C1=O. The van der Waals surface area contributed by atoms with E-state index in [4.69, 9.17) is 0 Å². The Balaban J connectivity index is 1.69. The number of carbonyl (C=O) groups is 2. The number of benzene rings is 1. The van der Waals surface area contributed by atoms with Crippen LogP contribution in [0, 0.1) is 0 Å². The molecule has 0 aromatic heterocycles. The molecule has 2 fully saturated rings. The van der Waals surface area contributed by atoms with Gasteiger partial charge in [0, 0.05) is 5.56 Å². The number of imide groups is 1. The molecule has 5 nitrogen and oxygen atoms in total. The highest BCUT2D eigenvalue weighted by molar-refractivity contribution is 6.06. The Bertz CT molecular complexity index is 580. The van der Waals surface area contributed by atoms with Crippen LogP contribution in [-0.4, -0.2) is 35.6 Å². The van der Waals surface area contributed by atoms with E-state index in [0.29, 0.717) is 6.67 Å². The van der Waals surface area contributed by atoms with Gasteiger partial charge in [-0.05, 0) is 19.8 Å². The zero-order chi connectivity index (χ0) is 17.0. The molecule has 24 heavy (non-hydrogen) atoms. The number of hydrogen-bond acceptors (Lipinski definition) is 2. The Morgan fingerprint density at radius 3 is 2.38 bits per heavy atom. The zero-order valence-corrected chi connectivity index (χ0v) is 14.5. The molecule has 1 spiro atoms. The summed E-state index contributed by atoms with van der Waals surface area (Å²) in [4.78, 5) is 28.1. The highest BCUT2D eigenvalue weighted by Crippen LogP contribution is 2.32. The molecule has 1 aliphatic heterocycles. The lowest BCUT2D eigenvalue weighted by Crippen LogP contribution is -3.12. The van der Waals surface area contributed by atoms with Crippen LogP contribution in [0.5, 0.6) is 0 Å². The summed E-state index contributed by atoms with van der Waals surface area (Å²) in [6.45, 7) is 4.23. The number of nitrogens with one attached hydrogen (secondary N) is 2. The molecule has 3 rings (SSSR count). The fraction of sp³-hybridized carbons (Fsp3) is 0.579. The van der Waals surface area contributed by atoms with Crippen molar-refractivity contribution in [3.05, 3.63) is 35.9 Å². The third-order valence-corrected chi connectivity index (χ3v) is 5.38. The molecule has 130 valence electrons. The normalized spacial score (nSPS) is 21.6. The molecule has 1 unspecified atom stereocenters. The van der Waals surface area contributed by atoms with Gasteiger partial charge in [-0.15, -0.1) is 0 Å². The first kappa shape index (κ1) is 17.0. The number of nitrogens with zero attached hydrogens (tertiary/aromatic N) is 1. The van der Waals surface area contributed by atoms with Gasteiger partial charge in [-0.3, -0.25) is 4.79 Å². The van der Waals surface area contributed by atoms with Crippen LogP contribution < -0.4 is 10.2 Å². The van der Waals surface area contributed by atoms with Gasteiger partial charge in [0.2, 0.25) is 0 Å². The predicted molar refractivity (Wildman–Crippen MR) is 92.3 cm³/mol. The van der Waals surface area contributed by atoms with Crippen molar-refractivity contribution in [1.82, 2.24) is 10.2 Å². The fourth-order valence-electron chi connectivity index (χ4n) is 3.89. The lowest BCUT2D eigenvalue weighted by atomic mass is 9.90. The average Bonchev–Trinajstić information content (AvgIpc) is 2.77. The summed E-state index contributed by atoms with van der Waals surface area (Å²) in [5.41, 5.74) is 0.602. The van der Waals surface area contributed by atoms with E-state index in [1.807, 2.05) is 18.2 Å². The van der Waals surface area contributed by atoms with Gasteiger partial charge < -0.3 is 10.2 Å². The molecule has 1 aromatic carbocycles. The number of urea groups is 1. The van der Waals surface area contributed by atoms with Crippen molar-refractivity contribution in [3.8, 4) is 0 Å². The topological polar surface area (TPSA) is 53.9 Å². The molecule has 0 radical (unpaired) electrons. The zero-order valence-electron chi connectivity index (χ0n) is 14.5. The molecule has 2 N–H and O–H groups in total. The van der Waals surface area contributed by atoms with Crippen LogP contribution in [0.25, 0.3) is 0 Å². The summed E-state index contributed by atoms with van der Waals surface area (Å²) >= 11 is 0. The standard InChI is InChI=1S/C19H27N3O2/c1-2-21(14-16-10-6-5-7-11-16)15-22-17(23)19(20-18(22)24)12-8-3-4-9-13-19/h5-7,10-11H,2-4,8-9,12-15H2,1H3,(H,20,24)/p+1. The molecule has 1 saturated heterocycles. The predicted octanol–water partition coefficient (Wildman–Crippen LogP) is 1.69. The minimum Gasteiger partial charge on any atom is -0.323 e. The lowest BCUT2D eigenvalue weighted by Gasteiger charge is -2.26. The third kappa shape index (κ3) is 3.46. The number of rotatable bonds is 5. The van der Waals surface area contributed by atoms with Crippen LogP contribution in [0.1, 0.15) is 51.0 Å². The quantitative estimate of drug-likeness (QED) is 0.808. The Morgan fingerprint density at radius 1 is 1.08 bits per heavy atom. The van der Waals surface area contributed by atoms with E-state index in [-0.39, 0.29) is 11.9 Å². The number of quaternary nitrogens is 1. The monoisotopic (exact) mass is 330 g/mol. The second-order valence-electron chi connectivity index (χ2n) is 7.08. The van der Waals surface area contributed by atoms with E-state index in [0.717, 1.165) is 51.6 Å². The van der Waals surface area contributed by atoms with E-state index >= 15 is 0 Å². The van der Waals surface area contributed by atoms with Gasteiger partial charge in [0.25, 0.3) is 5.91 Å². The van der Waals surface area contributed by atoms with Crippen LogP contribution in [-0.2, 0) is 11.3 Å². The first-order chi connectivity index (χ1) is 11.6. The molecular weight excluding hydrogens is 302 g/mol. The highest BCUT2D eigenvalue weighted by Gasteiger charge is 2.51. The van der Waals surface area contributed by atoms with Crippen molar-refractivity contribution in [2.24, 2.45) is 0 Å². The third-order valence-electron chi connectivity index (χ3n) is 5.38. The number of hydrogen-bond donors (Lipinski definition) is 2. The molecule has 2 aliphatic rings. The number of amides is 3. The molecule has 1 saturated carbocycles. The summed E-state index contributed by atoms with van der Waals surface area (Å²) in [7, 11) is 0. The molecule has 0 bridgehead atoms. The second kappa shape index (κ2) is 7.34. The van der Waals surface area contributed by atoms with Gasteiger partial charge in [-0.25, -0.2) is 9.69 Å². The molecular formula is C19H28N3O2+. The van der Waals surface area contributed by atoms with Crippen molar-refractivity contribution < 1.29 is 14.5 Å². The number of carbonyl (C=O) groups excluding carboxylic acids is 2. The first-order valence-electron chi connectivity index (χ1n) is 9.16. The largest absolute Gasteiger partial charge is 0.329 e. The maximum absolute atomic E-state index is 13.0. The Morgan fingerprint density at radius 2 is 1.75 bits per heavy atom. The van der Waals surface area contributed by atoms with Crippen molar-refractivity contribution in [2.45, 2.75) is 57.5 Å². The van der Waals surface area contributed by atoms with E-state index < -0.39 is 5.54 Å². The van der Waals surface area contributed by atoms with Crippen molar-refractivity contribution in [2.75, 3.05) is 13.2 Å². The summed E-state index contributed by atoms with van der Waals surface area (Å²) < 4.78 is 0. The molecule has 1 aromatic rings. The van der Waals surface area contributed by atoms with Crippen LogP contribution in [0.3, 0.4) is 0 Å². The summed E-state index contributed by atoms with van der Waals surface area (Å²) in [5.74, 6) is -0.00610. The van der Waals surface area contributed by atoms with Crippen LogP contribution >= 0.6 is 0 Å². The van der Waals surface area contributed by atoms with Gasteiger partial charge in [0.05, 0.1) is 6.54 Å². The van der Waals surface area contributed by atoms with Crippen molar-refractivity contribution >= 4 is 11.9 Å². The summed E-state index contributed by atoms with van der Waals surface area (Å²) in [6.07, 6.45) is 5.93. The van der Waals surface area contributed by atoms with E-state index in [9.17, 15) is 9.59 Å². The molecule has 5 heteroatoms. The summed E-state index contributed by atoms with van der Waals surface area (Å²) in [6, 6.07) is 10.0. The smallest absolute Gasteiger partial charge is 0.323 e. The van der Waals surface area contributed by atoms with Crippen LogP contribution in [0.4, 0.5) is 4.79 Å². The summed E-state index contributed by atoms with van der Waals surface area (Å²) in [5, 5.41) is 3.03. The maximum Gasteiger partial charge on any atom is 0.329 e. The van der Waals surface area contributed by atoms with Gasteiger partial charge in [0.1, 0.15) is 12.1 Å². The lowest BCUT2D eigenvalue weighted by molar-refractivity contribution is -0.919. The maximum atomic E-state index is 13.0. The molecule has 3 amide bonds. The Labute approximate surface area is 144 Å². The van der Waals surface area contributed by atoms with Gasteiger partial charge >= 0.3 is 6.03 Å². The molecule has 1 aliphatic carbocycles. The van der Waals surface area contributed by atoms with Crippen molar-refractivity contribution in [3.63, 3.8) is 0 Å².